The van der Waals surface area contributed by atoms with Gasteiger partial charge in [-0.3, -0.25) is 9.59 Å². The SMILES string of the molecule is BC(=O)N/C(=N\C(=O)c1c(-c2ccc(OC)cc2)noc1C)NCc1cc(C)c(N)c(Cl)c1. The van der Waals surface area contributed by atoms with Crippen LogP contribution in [0.2, 0.25) is 5.02 Å². The van der Waals surface area contributed by atoms with Crippen molar-refractivity contribution >= 4 is 42.8 Å². The van der Waals surface area contributed by atoms with Crippen LogP contribution >= 0.6 is 11.6 Å². The van der Waals surface area contributed by atoms with E-state index >= 15 is 0 Å². The number of hydrogen-bond acceptors (Lipinski definition) is 6. The number of aryl methyl sites for hydroxylation is 2. The molecule has 1 aromatic heterocycles. The van der Waals surface area contributed by atoms with Crippen molar-refractivity contribution in [1.82, 2.24) is 15.8 Å². The number of carbonyl (C=O) groups excluding carboxylic acids is 2. The lowest BCUT2D eigenvalue weighted by Gasteiger charge is -2.12. The Hall–Kier alpha value is -3.79. The maximum atomic E-state index is 13.1. The first-order chi connectivity index (χ1) is 15.7. The summed E-state index contributed by atoms with van der Waals surface area (Å²) in [4.78, 5) is 28.8. The van der Waals surface area contributed by atoms with Crippen LogP contribution in [0.3, 0.4) is 0 Å². The lowest BCUT2D eigenvalue weighted by Crippen LogP contribution is -2.40. The largest absolute Gasteiger partial charge is 0.497 e. The number of hydrogen-bond donors (Lipinski definition) is 3. The van der Waals surface area contributed by atoms with E-state index in [1.807, 2.05) is 13.0 Å². The number of aromatic nitrogens is 1. The number of guanidine groups is 1. The maximum Gasteiger partial charge on any atom is 0.286 e. The molecule has 170 valence electrons. The van der Waals surface area contributed by atoms with Crippen molar-refractivity contribution in [3.8, 4) is 17.0 Å². The Balaban J connectivity index is 1.88. The predicted molar refractivity (Wildman–Crippen MR) is 130 cm³/mol. The molecule has 0 fully saturated rings. The summed E-state index contributed by atoms with van der Waals surface area (Å²) >= 11 is 6.15. The summed E-state index contributed by atoms with van der Waals surface area (Å²) in [7, 11) is 2.88. The van der Waals surface area contributed by atoms with Crippen LogP contribution in [0, 0.1) is 13.8 Å². The standard InChI is InChI=1S/C22H23BClN5O4/c1-11-8-13(9-16(24)18(11)25)10-26-22(28-21(23)31)27-20(30)17-12(2)33-29-19(17)14-4-6-15(32-3)7-5-14/h4-9H,10,23,25H2,1-3H3,(H2,26,27,28,30,31). The fourth-order valence-corrected chi connectivity index (χ4v) is 3.41. The molecule has 11 heteroatoms. The lowest BCUT2D eigenvalue weighted by molar-refractivity contribution is 0.100. The van der Waals surface area contributed by atoms with Crippen LogP contribution in [-0.2, 0) is 6.54 Å². The number of anilines is 1. The molecular formula is C22H23BClN5O4. The molecule has 0 saturated heterocycles. The lowest BCUT2D eigenvalue weighted by atomic mass is 10.1. The van der Waals surface area contributed by atoms with Gasteiger partial charge >= 0.3 is 0 Å². The predicted octanol–water partition coefficient (Wildman–Crippen LogP) is 2.83. The first-order valence-corrected chi connectivity index (χ1v) is 10.4. The molecule has 0 aliphatic heterocycles. The quantitative estimate of drug-likeness (QED) is 0.227. The van der Waals surface area contributed by atoms with Crippen LogP contribution in [0.4, 0.5) is 10.5 Å². The Labute approximate surface area is 196 Å². The van der Waals surface area contributed by atoms with E-state index in [2.05, 4.69) is 20.8 Å². The number of benzene rings is 2. The van der Waals surface area contributed by atoms with E-state index < -0.39 is 11.7 Å². The molecule has 0 radical (unpaired) electrons. The number of nitrogens with two attached hydrogens (primary N) is 1. The van der Waals surface area contributed by atoms with Crippen LogP contribution in [-0.4, -0.2) is 37.8 Å². The van der Waals surface area contributed by atoms with Gasteiger partial charge in [0.2, 0.25) is 13.8 Å². The molecule has 33 heavy (non-hydrogen) atoms. The van der Waals surface area contributed by atoms with Crippen molar-refractivity contribution in [1.29, 1.82) is 0 Å². The number of rotatable bonds is 5. The fraction of sp³-hybridized carbons (Fsp3) is 0.182. The van der Waals surface area contributed by atoms with Crippen LogP contribution in [0.1, 0.15) is 27.2 Å². The summed E-state index contributed by atoms with van der Waals surface area (Å²) < 4.78 is 10.4. The molecule has 4 N–H and O–H groups in total. The molecular weight excluding hydrogens is 445 g/mol. The van der Waals surface area contributed by atoms with Gasteiger partial charge in [0.25, 0.3) is 5.91 Å². The van der Waals surface area contributed by atoms with Crippen molar-refractivity contribution < 1.29 is 18.8 Å². The molecule has 2 aromatic carbocycles. The highest BCUT2D eigenvalue weighted by Crippen LogP contribution is 2.28. The maximum absolute atomic E-state index is 13.1. The van der Waals surface area contributed by atoms with E-state index in [0.717, 1.165) is 11.1 Å². The van der Waals surface area contributed by atoms with E-state index in [0.29, 0.717) is 33.5 Å². The summed E-state index contributed by atoms with van der Waals surface area (Å²) in [5.41, 5.74) is 9.20. The Bertz CT molecular complexity index is 1200. The van der Waals surface area contributed by atoms with E-state index in [1.165, 1.54) is 7.85 Å². The second kappa shape index (κ2) is 10.2. The summed E-state index contributed by atoms with van der Waals surface area (Å²) in [5, 5.41) is 9.92. The summed E-state index contributed by atoms with van der Waals surface area (Å²) in [5.74, 6) is -0.0580. The van der Waals surface area contributed by atoms with Gasteiger partial charge in [-0.15, -0.1) is 0 Å². The third-order valence-corrected chi connectivity index (χ3v) is 5.12. The average Bonchev–Trinajstić information content (AvgIpc) is 3.16. The number of halogens is 1. The van der Waals surface area contributed by atoms with Gasteiger partial charge in [0, 0.05) is 12.1 Å². The van der Waals surface area contributed by atoms with Gasteiger partial charge in [-0.1, -0.05) is 22.8 Å². The third kappa shape index (κ3) is 5.72. The molecule has 0 aliphatic carbocycles. The van der Waals surface area contributed by atoms with Crippen molar-refractivity contribution in [2.24, 2.45) is 4.99 Å². The normalized spacial score (nSPS) is 11.2. The van der Waals surface area contributed by atoms with Crippen LogP contribution in [0.5, 0.6) is 5.75 Å². The zero-order chi connectivity index (χ0) is 24.1. The van der Waals surface area contributed by atoms with E-state index in [1.54, 1.807) is 44.4 Å². The number of methoxy groups -OCH3 is 1. The van der Waals surface area contributed by atoms with Gasteiger partial charge in [0.05, 0.1) is 17.8 Å². The highest BCUT2D eigenvalue weighted by molar-refractivity contribution is 6.58. The molecule has 0 atom stereocenters. The topological polar surface area (TPSA) is 132 Å². The molecule has 9 nitrogen and oxygen atoms in total. The summed E-state index contributed by atoms with van der Waals surface area (Å²) in [6.07, 6.45) is 0. The van der Waals surface area contributed by atoms with Crippen molar-refractivity contribution in [2.45, 2.75) is 20.4 Å². The molecule has 3 rings (SSSR count). The van der Waals surface area contributed by atoms with Gasteiger partial charge in [-0.05, 0) is 55.3 Å². The number of ether oxygens (including phenoxy) is 1. The second-order valence-corrected chi connectivity index (χ2v) is 7.71. The number of nitrogens with one attached hydrogen (secondary N) is 2. The van der Waals surface area contributed by atoms with Crippen molar-refractivity contribution in [3.63, 3.8) is 0 Å². The number of amides is 2. The molecule has 0 aliphatic rings. The van der Waals surface area contributed by atoms with Gasteiger partial charge in [-0.25, -0.2) is 0 Å². The summed E-state index contributed by atoms with van der Waals surface area (Å²) in [6.45, 7) is 3.71. The Morgan fingerprint density at radius 3 is 2.55 bits per heavy atom. The molecule has 3 aromatic rings. The smallest absolute Gasteiger partial charge is 0.286 e. The number of aliphatic imine (C=N–C) groups is 1. The van der Waals surface area contributed by atoms with E-state index in [4.69, 9.17) is 26.6 Å². The number of carbonyl (C=O) groups is 2. The zero-order valence-corrected chi connectivity index (χ0v) is 19.4. The van der Waals surface area contributed by atoms with Gasteiger partial charge in [0.15, 0.2) is 5.81 Å². The second-order valence-electron chi connectivity index (χ2n) is 7.30. The van der Waals surface area contributed by atoms with Gasteiger partial charge in [0.1, 0.15) is 22.8 Å². The average molecular weight is 468 g/mol. The Morgan fingerprint density at radius 2 is 1.94 bits per heavy atom. The van der Waals surface area contributed by atoms with Crippen LogP contribution in [0.15, 0.2) is 45.9 Å². The first-order valence-electron chi connectivity index (χ1n) is 9.99. The number of nitrogens with zero attached hydrogens (tertiary/aromatic N) is 2. The van der Waals surface area contributed by atoms with Crippen molar-refractivity contribution in [3.05, 3.63) is 63.9 Å². The van der Waals surface area contributed by atoms with E-state index in [9.17, 15) is 9.59 Å². The Morgan fingerprint density at radius 1 is 1.24 bits per heavy atom. The number of nitrogen functional groups attached to an aromatic ring is 1. The molecule has 0 saturated carbocycles. The van der Waals surface area contributed by atoms with Crippen LogP contribution < -0.4 is 21.1 Å². The Kier molecular flexibility index (Phi) is 7.39. The minimum atomic E-state index is -0.623. The minimum absolute atomic E-state index is 0.0145. The highest BCUT2D eigenvalue weighted by atomic mass is 35.5. The summed E-state index contributed by atoms with van der Waals surface area (Å²) in [6, 6.07) is 10.6. The van der Waals surface area contributed by atoms with Crippen molar-refractivity contribution in [2.75, 3.05) is 12.8 Å². The third-order valence-electron chi connectivity index (χ3n) is 4.80. The van der Waals surface area contributed by atoms with E-state index in [-0.39, 0.29) is 18.1 Å². The molecule has 0 spiro atoms. The molecule has 0 unspecified atom stereocenters. The molecule has 1 heterocycles. The zero-order valence-electron chi connectivity index (χ0n) is 18.7. The first kappa shape index (κ1) is 23.9. The minimum Gasteiger partial charge on any atom is -0.497 e. The highest BCUT2D eigenvalue weighted by Gasteiger charge is 2.22. The van der Waals surface area contributed by atoms with Gasteiger partial charge in [-0.2, -0.15) is 4.99 Å². The molecule has 0 bridgehead atoms. The monoisotopic (exact) mass is 467 g/mol. The van der Waals surface area contributed by atoms with Crippen LogP contribution in [0.25, 0.3) is 11.3 Å². The van der Waals surface area contributed by atoms with Gasteiger partial charge < -0.3 is 25.6 Å². The molecule has 2 amide bonds. The fourth-order valence-electron chi connectivity index (χ4n) is 3.12.